The summed E-state index contributed by atoms with van der Waals surface area (Å²) in [5.41, 5.74) is 2.36. The van der Waals surface area contributed by atoms with Crippen LogP contribution in [0.4, 0.5) is 24.7 Å². The molecule has 0 spiro atoms. The van der Waals surface area contributed by atoms with Gasteiger partial charge in [-0.15, -0.1) is 5.10 Å². The molecule has 4 rings (SSSR count). The third-order valence-corrected chi connectivity index (χ3v) is 5.89. The zero-order chi connectivity index (χ0) is 23.6. The number of benzene rings is 1. The zero-order valence-corrected chi connectivity index (χ0v) is 18.7. The predicted molar refractivity (Wildman–Crippen MR) is 119 cm³/mol. The van der Waals surface area contributed by atoms with Crippen molar-refractivity contribution in [1.29, 1.82) is 0 Å². The minimum atomic E-state index is -4.40. The fourth-order valence-electron chi connectivity index (χ4n) is 4.12. The average molecular weight is 461 g/mol. The predicted octanol–water partition coefficient (Wildman–Crippen LogP) is 4.12. The summed E-state index contributed by atoms with van der Waals surface area (Å²) in [6.07, 6.45) is -2.60. The molecular weight excluding hydrogens is 435 g/mol. The van der Waals surface area contributed by atoms with E-state index in [9.17, 15) is 13.2 Å². The number of hydrogen-bond acceptors (Lipinski definition) is 7. The molecule has 0 aliphatic carbocycles. The first kappa shape index (κ1) is 23.2. The number of aryl methyl sites for hydroxylation is 1. The van der Waals surface area contributed by atoms with Crippen molar-refractivity contribution in [2.75, 3.05) is 43.7 Å². The van der Waals surface area contributed by atoms with Crippen molar-refractivity contribution in [2.45, 2.75) is 32.6 Å². The summed E-state index contributed by atoms with van der Waals surface area (Å²) in [6.45, 7) is 5.86. The average Bonchev–Trinajstić information content (AvgIpc) is 2.79. The van der Waals surface area contributed by atoms with Crippen LogP contribution in [-0.2, 0) is 22.2 Å². The topological polar surface area (TPSA) is 72.4 Å². The Morgan fingerprint density at radius 3 is 2.82 bits per heavy atom. The number of morpholine rings is 1. The Bertz CT molecular complexity index is 1140. The molecule has 3 heterocycles. The molecule has 1 unspecified atom stereocenters. The zero-order valence-electron chi connectivity index (χ0n) is 18.7. The van der Waals surface area contributed by atoms with Crippen molar-refractivity contribution in [2.24, 2.45) is 0 Å². The van der Waals surface area contributed by atoms with E-state index in [1.165, 1.54) is 13.0 Å². The molecule has 1 N–H and O–H groups in total. The summed E-state index contributed by atoms with van der Waals surface area (Å²) in [7, 11) is 1.65. The number of methoxy groups -OCH3 is 1. The molecule has 0 saturated carbocycles. The SMILES string of the molecule is COCC1COCCN1c1cnc2c(C)nnc(NCc3cccc(C(F)(F)F)c3C)c2c1. The molecule has 3 aromatic rings. The summed E-state index contributed by atoms with van der Waals surface area (Å²) >= 11 is 0. The number of fused-ring (bicyclic) bond motifs is 1. The molecule has 1 aromatic carbocycles. The lowest BCUT2D eigenvalue weighted by Crippen LogP contribution is -2.48. The second kappa shape index (κ2) is 9.48. The first-order chi connectivity index (χ1) is 15.8. The van der Waals surface area contributed by atoms with Crippen molar-refractivity contribution >= 4 is 22.4 Å². The van der Waals surface area contributed by atoms with E-state index in [0.717, 1.165) is 17.1 Å². The van der Waals surface area contributed by atoms with E-state index in [2.05, 4.69) is 25.4 Å². The van der Waals surface area contributed by atoms with Gasteiger partial charge in [0.25, 0.3) is 0 Å². The van der Waals surface area contributed by atoms with Crippen LogP contribution in [0.1, 0.15) is 22.4 Å². The van der Waals surface area contributed by atoms with Crippen molar-refractivity contribution < 1.29 is 22.6 Å². The van der Waals surface area contributed by atoms with Crippen LogP contribution < -0.4 is 10.2 Å². The molecule has 0 radical (unpaired) electrons. The summed E-state index contributed by atoms with van der Waals surface area (Å²) in [5.74, 6) is 0.471. The van der Waals surface area contributed by atoms with Crippen LogP contribution in [0.2, 0.25) is 0 Å². The molecule has 1 aliphatic rings. The molecular formula is C23H26F3N5O2. The van der Waals surface area contributed by atoms with Crippen molar-refractivity contribution in [3.8, 4) is 0 Å². The fourth-order valence-corrected chi connectivity index (χ4v) is 4.12. The van der Waals surface area contributed by atoms with Gasteiger partial charge in [-0.25, -0.2) is 0 Å². The highest BCUT2D eigenvalue weighted by Crippen LogP contribution is 2.33. The van der Waals surface area contributed by atoms with E-state index in [-0.39, 0.29) is 18.2 Å². The highest BCUT2D eigenvalue weighted by Gasteiger charge is 2.32. The van der Waals surface area contributed by atoms with E-state index in [4.69, 9.17) is 9.47 Å². The molecule has 10 heteroatoms. The largest absolute Gasteiger partial charge is 0.416 e. The van der Waals surface area contributed by atoms with E-state index in [1.54, 1.807) is 19.4 Å². The third-order valence-electron chi connectivity index (χ3n) is 5.89. The van der Waals surface area contributed by atoms with Gasteiger partial charge in [-0.1, -0.05) is 12.1 Å². The van der Waals surface area contributed by atoms with Gasteiger partial charge in [0.1, 0.15) is 0 Å². The van der Waals surface area contributed by atoms with Crippen LogP contribution in [0.3, 0.4) is 0 Å². The smallest absolute Gasteiger partial charge is 0.382 e. The number of pyridine rings is 1. The van der Waals surface area contributed by atoms with Crippen LogP contribution in [-0.4, -0.2) is 54.7 Å². The minimum absolute atomic E-state index is 0.0584. The van der Waals surface area contributed by atoms with Gasteiger partial charge in [0.05, 0.1) is 54.5 Å². The van der Waals surface area contributed by atoms with Gasteiger partial charge in [0, 0.05) is 25.6 Å². The van der Waals surface area contributed by atoms with Crippen LogP contribution in [0, 0.1) is 13.8 Å². The lowest BCUT2D eigenvalue weighted by atomic mass is 10.0. The maximum atomic E-state index is 13.3. The van der Waals surface area contributed by atoms with E-state index in [0.29, 0.717) is 49.0 Å². The Morgan fingerprint density at radius 1 is 1.24 bits per heavy atom. The van der Waals surface area contributed by atoms with Gasteiger partial charge >= 0.3 is 6.18 Å². The molecule has 0 bridgehead atoms. The fraction of sp³-hybridized carbons (Fsp3) is 0.435. The second-order valence-corrected chi connectivity index (χ2v) is 8.04. The summed E-state index contributed by atoms with van der Waals surface area (Å²) in [4.78, 5) is 6.81. The first-order valence-corrected chi connectivity index (χ1v) is 10.7. The van der Waals surface area contributed by atoms with Gasteiger partial charge in [-0.05, 0) is 37.1 Å². The molecule has 2 aromatic heterocycles. The summed E-state index contributed by atoms with van der Waals surface area (Å²) < 4.78 is 50.8. The monoisotopic (exact) mass is 461 g/mol. The molecule has 1 atom stereocenters. The Balaban J connectivity index is 1.66. The lowest BCUT2D eigenvalue weighted by molar-refractivity contribution is -0.138. The Kier molecular flexibility index (Phi) is 6.66. The highest BCUT2D eigenvalue weighted by atomic mass is 19.4. The number of halogens is 3. The Hall–Kier alpha value is -2.98. The quantitative estimate of drug-likeness (QED) is 0.592. The number of rotatable bonds is 6. The number of alkyl halides is 3. The number of hydrogen-bond donors (Lipinski definition) is 1. The van der Waals surface area contributed by atoms with Crippen molar-refractivity contribution in [3.05, 3.63) is 52.8 Å². The molecule has 7 nitrogen and oxygen atoms in total. The van der Waals surface area contributed by atoms with Gasteiger partial charge in [-0.3, -0.25) is 4.98 Å². The summed E-state index contributed by atoms with van der Waals surface area (Å²) in [6, 6.07) is 6.23. The van der Waals surface area contributed by atoms with Gasteiger partial charge in [-0.2, -0.15) is 18.3 Å². The standard InChI is InChI=1S/C23H26F3N5O2/c1-14-16(5-4-6-20(14)23(24,25)26)10-28-22-19-9-17(11-27-21(19)15(2)29-30-22)31-7-8-33-13-18(31)12-32-3/h4-6,9,11,18H,7-8,10,12-13H2,1-3H3,(H,28,30). The van der Waals surface area contributed by atoms with Crippen LogP contribution in [0.15, 0.2) is 30.5 Å². The van der Waals surface area contributed by atoms with Crippen molar-refractivity contribution in [1.82, 2.24) is 15.2 Å². The lowest BCUT2D eigenvalue weighted by Gasteiger charge is -2.36. The third kappa shape index (κ3) is 4.86. The molecule has 1 saturated heterocycles. The highest BCUT2D eigenvalue weighted by molar-refractivity contribution is 5.92. The van der Waals surface area contributed by atoms with Crippen molar-refractivity contribution in [3.63, 3.8) is 0 Å². The second-order valence-electron chi connectivity index (χ2n) is 8.04. The van der Waals surface area contributed by atoms with Crippen LogP contribution in [0.5, 0.6) is 0 Å². The van der Waals surface area contributed by atoms with Gasteiger partial charge < -0.3 is 19.7 Å². The van der Waals surface area contributed by atoms with Crippen LogP contribution in [0.25, 0.3) is 10.9 Å². The maximum absolute atomic E-state index is 13.3. The summed E-state index contributed by atoms with van der Waals surface area (Å²) in [5, 5.41) is 12.4. The normalized spacial score (nSPS) is 16.9. The minimum Gasteiger partial charge on any atom is -0.382 e. The number of nitrogens with one attached hydrogen (secondary N) is 1. The molecule has 33 heavy (non-hydrogen) atoms. The van der Waals surface area contributed by atoms with E-state index >= 15 is 0 Å². The Morgan fingerprint density at radius 2 is 2.06 bits per heavy atom. The van der Waals surface area contributed by atoms with Crippen LogP contribution >= 0.6 is 0 Å². The van der Waals surface area contributed by atoms with E-state index in [1.807, 2.05) is 13.0 Å². The van der Waals surface area contributed by atoms with E-state index < -0.39 is 11.7 Å². The number of anilines is 2. The van der Waals surface area contributed by atoms with Gasteiger partial charge in [0.2, 0.25) is 0 Å². The maximum Gasteiger partial charge on any atom is 0.416 e. The molecule has 1 aliphatic heterocycles. The Labute approximate surface area is 189 Å². The molecule has 1 fully saturated rings. The molecule has 0 amide bonds. The number of nitrogens with zero attached hydrogens (tertiary/aromatic N) is 4. The first-order valence-electron chi connectivity index (χ1n) is 10.7. The molecule has 176 valence electrons. The number of aromatic nitrogens is 3. The number of ether oxygens (including phenoxy) is 2. The van der Waals surface area contributed by atoms with Gasteiger partial charge in [0.15, 0.2) is 5.82 Å².